The highest BCUT2D eigenvalue weighted by molar-refractivity contribution is 5.79. The quantitative estimate of drug-likeness (QED) is 0.832. The number of carbonyl (C=O) groups is 2. The van der Waals surface area contributed by atoms with Crippen molar-refractivity contribution in [2.24, 2.45) is 5.92 Å². The Bertz CT molecular complexity index is 612. The fourth-order valence-corrected chi connectivity index (χ4v) is 2.71. The number of hydrogen-bond acceptors (Lipinski definition) is 3. The molecule has 0 spiro atoms. The topological polar surface area (TPSA) is 70.7 Å². The van der Waals surface area contributed by atoms with Crippen molar-refractivity contribution in [1.29, 1.82) is 0 Å². The number of alkyl halides is 3. The molecule has 1 heterocycles. The van der Waals surface area contributed by atoms with Gasteiger partial charge in [-0.3, -0.25) is 4.79 Å². The highest BCUT2D eigenvalue weighted by Crippen LogP contribution is 2.19. The first-order chi connectivity index (χ1) is 12.3. The van der Waals surface area contributed by atoms with Gasteiger partial charge >= 0.3 is 12.2 Å². The minimum Gasteiger partial charge on any atom is -0.497 e. The van der Waals surface area contributed by atoms with E-state index in [1.165, 1.54) is 0 Å². The molecule has 1 aromatic carbocycles. The number of carbonyl (C=O) groups excluding carboxylic acids is 2. The number of hydrogen-bond donors (Lipinski definition) is 2. The molecule has 9 heteroatoms. The fourth-order valence-electron chi connectivity index (χ4n) is 2.71. The molecular weight excluding hydrogens is 351 g/mol. The minimum absolute atomic E-state index is 0.255. The number of benzene rings is 1. The van der Waals surface area contributed by atoms with Crippen LogP contribution in [0.5, 0.6) is 5.75 Å². The second-order valence-corrected chi connectivity index (χ2v) is 6.10. The molecular formula is C17H22F3N3O3. The van der Waals surface area contributed by atoms with Gasteiger partial charge in [0.1, 0.15) is 12.3 Å². The van der Waals surface area contributed by atoms with Crippen molar-refractivity contribution in [3.8, 4) is 5.75 Å². The lowest BCUT2D eigenvalue weighted by molar-refractivity contribution is -0.141. The Balaban J connectivity index is 1.72. The average Bonchev–Trinajstić information content (AvgIpc) is 2.64. The van der Waals surface area contributed by atoms with Crippen LogP contribution in [0.2, 0.25) is 0 Å². The van der Waals surface area contributed by atoms with Crippen molar-refractivity contribution in [3.63, 3.8) is 0 Å². The first-order valence-electron chi connectivity index (χ1n) is 8.28. The molecule has 1 fully saturated rings. The van der Waals surface area contributed by atoms with Crippen LogP contribution >= 0.6 is 0 Å². The summed E-state index contributed by atoms with van der Waals surface area (Å²) < 4.78 is 41.5. The first kappa shape index (κ1) is 19.9. The molecule has 1 aliphatic rings. The zero-order valence-corrected chi connectivity index (χ0v) is 14.4. The molecule has 0 unspecified atom stereocenters. The Kier molecular flexibility index (Phi) is 6.70. The summed E-state index contributed by atoms with van der Waals surface area (Å²) in [6, 6.07) is 7.03. The fraction of sp³-hybridized carbons (Fsp3) is 0.529. The van der Waals surface area contributed by atoms with Crippen LogP contribution in [0.25, 0.3) is 0 Å². The van der Waals surface area contributed by atoms with Crippen LogP contribution in [0.4, 0.5) is 18.0 Å². The molecule has 0 atom stereocenters. The van der Waals surface area contributed by atoms with E-state index in [2.05, 4.69) is 5.32 Å². The van der Waals surface area contributed by atoms with Crippen molar-refractivity contribution < 1.29 is 27.5 Å². The van der Waals surface area contributed by atoms with Crippen LogP contribution in [0.3, 0.4) is 0 Å². The number of halogens is 3. The number of ether oxygens (including phenoxy) is 1. The molecule has 1 saturated heterocycles. The molecule has 3 amide bonds. The van der Waals surface area contributed by atoms with E-state index in [0.717, 1.165) is 11.3 Å². The monoisotopic (exact) mass is 373 g/mol. The third-order valence-electron chi connectivity index (χ3n) is 4.22. The predicted molar refractivity (Wildman–Crippen MR) is 88.6 cm³/mol. The van der Waals surface area contributed by atoms with Gasteiger partial charge in [0.2, 0.25) is 5.91 Å². The molecule has 6 nitrogen and oxygen atoms in total. The van der Waals surface area contributed by atoms with Crippen LogP contribution in [0.1, 0.15) is 18.4 Å². The summed E-state index contributed by atoms with van der Waals surface area (Å²) in [7, 11) is 1.57. The maximum Gasteiger partial charge on any atom is 0.405 e. The number of amides is 3. The molecule has 144 valence electrons. The Morgan fingerprint density at radius 1 is 1.15 bits per heavy atom. The highest BCUT2D eigenvalue weighted by Gasteiger charge is 2.31. The maximum atomic E-state index is 12.2. The lowest BCUT2D eigenvalue weighted by Crippen LogP contribution is -2.47. The van der Waals surface area contributed by atoms with Gasteiger partial charge in [0, 0.05) is 25.6 Å². The van der Waals surface area contributed by atoms with Crippen molar-refractivity contribution in [3.05, 3.63) is 29.8 Å². The van der Waals surface area contributed by atoms with Gasteiger partial charge in [-0.2, -0.15) is 13.2 Å². The van der Waals surface area contributed by atoms with Crippen molar-refractivity contribution in [2.75, 3.05) is 26.7 Å². The lowest BCUT2D eigenvalue weighted by atomic mass is 9.96. The van der Waals surface area contributed by atoms with E-state index < -0.39 is 24.5 Å². The second-order valence-electron chi connectivity index (χ2n) is 6.10. The molecule has 26 heavy (non-hydrogen) atoms. The third kappa shape index (κ3) is 6.12. The summed E-state index contributed by atoms with van der Waals surface area (Å²) in [5, 5.41) is 4.69. The van der Waals surface area contributed by atoms with E-state index in [9.17, 15) is 22.8 Å². The summed E-state index contributed by atoms with van der Waals surface area (Å²) in [4.78, 5) is 25.5. The molecule has 0 bridgehead atoms. The molecule has 2 rings (SSSR count). The highest BCUT2D eigenvalue weighted by atomic mass is 19.4. The van der Waals surface area contributed by atoms with Crippen molar-refractivity contribution in [2.45, 2.75) is 25.6 Å². The molecule has 0 saturated carbocycles. The molecule has 1 aliphatic heterocycles. The van der Waals surface area contributed by atoms with Gasteiger partial charge in [0.05, 0.1) is 7.11 Å². The Morgan fingerprint density at radius 3 is 2.31 bits per heavy atom. The molecule has 1 aromatic rings. The summed E-state index contributed by atoms with van der Waals surface area (Å²) >= 11 is 0. The van der Waals surface area contributed by atoms with Gasteiger partial charge in [0.25, 0.3) is 0 Å². The average molecular weight is 373 g/mol. The second kappa shape index (κ2) is 8.77. The van der Waals surface area contributed by atoms with E-state index in [1.807, 2.05) is 17.4 Å². The number of nitrogens with one attached hydrogen (secondary N) is 2. The molecule has 0 aromatic heterocycles. The minimum atomic E-state index is -4.42. The largest absolute Gasteiger partial charge is 0.497 e. The first-order valence-corrected chi connectivity index (χ1v) is 8.28. The Labute approximate surface area is 149 Å². The lowest BCUT2D eigenvalue weighted by Gasteiger charge is -2.31. The van der Waals surface area contributed by atoms with E-state index in [-0.39, 0.29) is 6.03 Å². The van der Waals surface area contributed by atoms with E-state index in [0.29, 0.717) is 32.5 Å². The van der Waals surface area contributed by atoms with Crippen LogP contribution in [-0.4, -0.2) is 49.8 Å². The summed E-state index contributed by atoms with van der Waals surface area (Å²) in [6.07, 6.45) is -3.73. The smallest absolute Gasteiger partial charge is 0.405 e. The molecule has 0 aliphatic carbocycles. The number of nitrogens with zero attached hydrogens (tertiary/aromatic N) is 1. The number of urea groups is 1. The van der Waals surface area contributed by atoms with Gasteiger partial charge in [-0.1, -0.05) is 12.1 Å². The van der Waals surface area contributed by atoms with E-state index in [1.54, 1.807) is 24.1 Å². The predicted octanol–water partition coefficient (Wildman–Crippen LogP) is 2.30. The van der Waals surface area contributed by atoms with Crippen LogP contribution < -0.4 is 15.4 Å². The van der Waals surface area contributed by atoms with Gasteiger partial charge < -0.3 is 20.3 Å². The normalized spacial score (nSPS) is 15.5. The van der Waals surface area contributed by atoms with Gasteiger partial charge in [-0.05, 0) is 30.5 Å². The number of likely N-dealkylation sites (tertiary alicyclic amines) is 1. The Hall–Kier alpha value is -2.45. The third-order valence-corrected chi connectivity index (χ3v) is 4.22. The number of rotatable bonds is 5. The molecule has 2 N–H and O–H groups in total. The number of methoxy groups -OCH3 is 1. The SMILES string of the molecule is COc1ccc(CNC(=O)N2CCC(C(=O)NCC(F)(F)F)CC2)cc1. The van der Waals surface area contributed by atoms with E-state index in [4.69, 9.17) is 4.74 Å². The number of piperidine rings is 1. The van der Waals surface area contributed by atoms with Crippen LogP contribution in [0.15, 0.2) is 24.3 Å². The zero-order chi connectivity index (χ0) is 19.2. The van der Waals surface area contributed by atoms with Gasteiger partial charge in [-0.25, -0.2) is 4.79 Å². The molecule has 0 radical (unpaired) electrons. The van der Waals surface area contributed by atoms with E-state index >= 15 is 0 Å². The van der Waals surface area contributed by atoms with Crippen LogP contribution in [-0.2, 0) is 11.3 Å². The summed E-state index contributed by atoms with van der Waals surface area (Å²) in [5.41, 5.74) is 0.917. The summed E-state index contributed by atoms with van der Waals surface area (Å²) in [6.45, 7) is -0.305. The van der Waals surface area contributed by atoms with Crippen molar-refractivity contribution in [1.82, 2.24) is 15.5 Å². The Morgan fingerprint density at radius 2 is 1.77 bits per heavy atom. The van der Waals surface area contributed by atoms with Crippen LogP contribution in [0, 0.1) is 5.92 Å². The zero-order valence-electron chi connectivity index (χ0n) is 14.4. The van der Waals surface area contributed by atoms with Crippen molar-refractivity contribution >= 4 is 11.9 Å². The van der Waals surface area contributed by atoms with Gasteiger partial charge in [-0.15, -0.1) is 0 Å². The standard InChI is InChI=1S/C17H22F3N3O3/c1-26-14-4-2-12(3-5-14)10-21-16(25)23-8-6-13(7-9-23)15(24)22-11-17(18,19)20/h2-5,13H,6-11H2,1H3,(H,21,25)(H,22,24). The van der Waals surface area contributed by atoms with Gasteiger partial charge in [0.15, 0.2) is 0 Å². The maximum absolute atomic E-state index is 12.2. The summed E-state index contributed by atoms with van der Waals surface area (Å²) in [5.74, 6) is -0.380.